The summed E-state index contributed by atoms with van der Waals surface area (Å²) >= 11 is 0. The van der Waals surface area contributed by atoms with Gasteiger partial charge in [0.15, 0.2) is 5.65 Å². The summed E-state index contributed by atoms with van der Waals surface area (Å²) in [4.78, 5) is 19.9. The van der Waals surface area contributed by atoms with Crippen LogP contribution in [0.25, 0.3) is 27.8 Å². The molecule has 5 heterocycles. The molecule has 136 valence electrons. The first-order valence-electron chi connectivity index (χ1n) is 9.13. The molecule has 8 heteroatoms. The Bertz CT molecular complexity index is 1100. The third-order valence-electron chi connectivity index (χ3n) is 5.10. The van der Waals surface area contributed by atoms with Crippen LogP contribution in [0.5, 0.6) is 0 Å². The number of nitrogens with zero attached hydrogens (tertiary/aromatic N) is 7. The van der Waals surface area contributed by atoms with Crippen LogP contribution < -0.4 is 5.32 Å². The lowest BCUT2D eigenvalue weighted by atomic mass is 10.1. The summed E-state index contributed by atoms with van der Waals surface area (Å²) in [6.45, 7) is 2.21. The number of nitrogens with one attached hydrogen (secondary N) is 1. The highest BCUT2D eigenvalue weighted by Gasteiger charge is 2.17. The number of pyridine rings is 1. The van der Waals surface area contributed by atoms with Gasteiger partial charge >= 0.3 is 0 Å². The Balaban J connectivity index is 1.44. The van der Waals surface area contributed by atoms with Crippen LogP contribution in [0.15, 0.2) is 43.1 Å². The first kappa shape index (κ1) is 16.1. The molecule has 0 saturated carbocycles. The van der Waals surface area contributed by atoms with E-state index in [-0.39, 0.29) is 0 Å². The summed E-state index contributed by atoms with van der Waals surface area (Å²) in [5.41, 5.74) is 4.36. The Kier molecular flexibility index (Phi) is 3.90. The lowest BCUT2D eigenvalue weighted by molar-refractivity contribution is 0.263. The lowest BCUT2D eigenvalue weighted by Gasteiger charge is -2.29. The summed E-state index contributed by atoms with van der Waals surface area (Å²) in [6, 6.07) is 4.45. The average molecular weight is 360 g/mol. The van der Waals surface area contributed by atoms with Crippen molar-refractivity contribution in [1.82, 2.24) is 34.4 Å². The van der Waals surface area contributed by atoms with Crippen LogP contribution in [0.2, 0.25) is 0 Å². The van der Waals surface area contributed by atoms with Gasteiger partial charge in [0.05, 0.1) is 11.7 Å². The van der Waals surface area contributed by atoms with Crippen molar-refractivity contribution in [2.24, 2.45) is 0 Å². The van der Waals surface area contributed by atoms with Crippen LogP contribution in [0.1, 0.15) is 12.8 Å². The second-order valence-electron chi connectivity index (χ2n) is 6.99. The van der Waals surface area contributed by atoms with E-state index >= 15 is 0 Å². The number of rotatable bonds is 3. The zero-order chi connectivity index (χ0) is 18.2. The van der Waals surface area contributed by atoms with Crippen LogP contribution in [0.4, 0.5) is 5.95 Å². The minimum atomic E-state index is 0.428. The fourth-order valence-corrected chi connectivity index (χ4v) is 3.55. The summed E-state index contributed by atoms with van der Waals surface area (Å²) < 4.78 is 1.86. The van der Waals surface area contributed by atoms with Gasteiger partial charge in [0.2, 0.25) is 5.95 Å². The molecule has 0 atom stereocenters. The number of piperidine rings is 1. The molecule has 0 amide bonds. The summed E-state index contributed by atoms with van der Waals surface area (Å²) in [5, 5.41) is 8.10. The fraction of sp³-hybridized carbons (Fsp3) is 0.316. The van der Waals surface area contributed by atoms with Crippen LogP contribution in [0, 0.1) is 0 Å². The topological polar surface area (TPSA) is 84.1 Å². The van der Waals surface area contributed by atoms with Crippen molar-refractivity contribution in [2.45, 2.75) is 18.9 Å². The van der Waals surface area contributed by atoms with E-state index in [2.05, 4.69) is 42.3 Å². The highest BCUT2D eigenvalue weighted by atomic mass is 15.3. The molecular weight excluding hydrogens is 340 g/mol. The van der Waals surface area contributed by atoms with Gasteiger partial charge in [0.25, 0.3) is 0 Å². The number of anilines is 1. The van der Waals surface area contributed by atoms with E-state index < -0.39 is 0 Å². The van der Waals surface area contributed by atoms with Gasteiger partial charge in [-0.1, -0.05) is 0 Å². The molecular formula is C19H20N8. The Labute approximate surface area is 156 Å². The van der Waals surface area contributed by atoms with Crippen LogP contribution >= 0.6 is 0 Å². The van der Waals surface area contributed by atoms with Crippen LogP contribution in [-0.4, -0.2) is 60.6 Å². The number of likely N-dealkylation sites (tertiary alicyclic amines) is 1. The van der Waals surface area contributed by atoms with Crippen molar-refractivity contribution >= 4 is 22.6 Å². The average Bonchev–Trinajstić information content (AvgIpc) is 3.12. The first-order chi connectivity index (χ1) is 13.3. The van der Waals surface area contributed by atoms with Gasteiger partial charge in [0.1, 0.15) is 5.52 Å². The van der Waals surface area contributed by atoms with E-state index in [9.17, 15) is 0 Å². The Morgan fingerprint density at radius 2 is 1.89 bits per heavy atom. The summed E-state index contributed by atoms with van der Waals surface area (Å²) in [5.74, 6) is 0.668. The minimum Gasteiger partial charge on any atom is -0.350 e. The van der Waals surface area contributed by atoms with Gasteiger partial charge in [-0.25, -0.2) is 19.5 Å². The van der Waals surface area contributed by atoms with Crippen molar-refractivity contribution in [1.29, 1.82) is 0 Å². The maximum absolute atomic E-state index is 4.63. The van der Waals surface area contributed by atoms with Gasteiger partial charge in [-0.2, -0.15) is 0 Å². The molecule has 0 unspecified atom stereocenters. The zero-order valence-electron chi connectivity index (χ0n) is 15.1. The second kappa shape index (κ2) is 6.55. The van der Waals surface area contributed by atoms with E-state index in [1.165, 1.54) is 0 Å². The van der Waals surface area contributed by atoms with Crippen molar-refractivity contribution in [3.05, 3.63) is 43.1 Å². The van der Waals surface area contributed by atoms with Gasteiger partial charge < -0.3 is 10.2 Å². The minimum absolute atomic E-state index is 0.428. The fourth-order valence-electron chi connectivity index (χ4n) is 3.55. The third kappa shape index (κ3) is 3.08. The molecule has 4 aromatic rings. The normalized spacial score (nSPS) is 16.2. The highest BCUT2D eigenvalue weighted by molar-refractivity contribution is 5.84. The molecule has 1 N–H and O–H groups in total. The SMILES string of the molecule is CN1CCC(Nc2ncc3c(-c4cnc5nccnc5c4)ccn3n2)CC1. The number of hydrogen-bond donors (Lipinski definition) is 1. The molecule has 5 rings (SSSR count). The van der Waals surface area contributed by atoms with Crippen LogP contribution in [-0.2, 0) is 0 Å². The largest absolute Gasteiger partial charge is 0.350 e. The van der Waals surface area contributed by atoms with Gasteiger partial charge in [-0.3, -0.25) is 4.98 Å². The molecule has 27 heavy (non-hydrogen) atoms. The molecule has 8 nitrogen and oxygen atoms in total. The van der Waals surface area contributed by atoms with Crippen molar-refractivity contribution < 1.29 is 0 Å². The molecule has 1 fully saturated rings. The predicted octanol–water partition coefficient (Wildman–Crippen LogP) is 2.24. The maximum atomic E-state index is 4.63. The Morgan fingerprint density at radius 3 is 2.78 bits per heavy atom. The van der Waals surface area contributed by atoms with E-state index in [0.29, 0.717) is 17.6 Å². The monoisotopic (exact) mass is 360 g/mol. The van der Waals surface area contributed by atoms with Crippen molar-refractivity contribution in [3.63, 3.8) is 0 Å². The Hall–Kier alpha value is -3.13. The molecule has 0 spiro atoms. The van der Waals surface area contributed by atoms with Gasteiger partial charge in [0, 0.05) is 42.0 Å². The molecule has 1 aliphatic rings. The smallest absolute Gasteiger partial charge is 0.241 e. The number of hydrogen-bond acceptors (Lipinski definition) is 7. The molecule has 0 aromatic carbocycles. The summed E-state index contributed by atoms with van der Waals surface area (Å²) in [6.07, 6.45) is 11.2. The van der Waals surface area contributed by atoms with Crippen LogP contribution in [0.3, 0.4) is 0 Å². The lowest BCUT2D eigenvalue weighted by Crippen LogP contribution is -2.37. The van der Waals surface area contributed by atoms with Crippen molar-refractivity contribution in [3.8, 4) is 11.1 Å². The van der Waals surface area contributed by atoms with Crippen molar-refractivity contribution in [2.75, 3.05) is 25.5 Å². The summed E-state index contributed by atoms with van der Waals surface area (Å²) in [7, 11) is 2.16. The Morgan fingerprint density at radius 1 is 1.04 bits per heavy atom. The van der Waals surface area contributed by atoms with Gasteiger partial charge in [-0.05, 0) is 45.1 Å². The molecule has 1 saturated heterocycles. The van der Waals surface area contributed by atoms with E-state index in [4.69, 9.17) is 0 Å². The molecule has 0 aliphatic carbocycles. The van der Waals surface area contributed by atoms with Gasteiger partial charge in [-0.15, -0.1) is 5.10 Å². The molecule has 0 bridgehead atoms. The maximum Gasteiger partial charge on any atom is 0.241 e. The van der Waals surface area contributed by atoms with E-state index in [1.807, 2.05) is 35.2 Å². The second-order valence-corrected chi connectivity index (χ2v) is 6.99. The van der Waals surface area contributed by atoms with E-state index in [1.54, 1.807) is 12.4 Å². The molecule has 1 aliphatic heterocycles. The quantitative estimate of drug-likeness (QED) is 0.600. The predicted molar refractivity (Wildman–Crippen MR) is 103 cm³/mol. The standard InChI is InChI=1S/C19H20N8/c1-26-7-2-14(3-8-26)24-19-23-12-17-15(4-9-27(17)25-19)13-10-16-18(22-11-13)21-6-5-20-16/h4-6,9-12,14H,2-3,7-8H2,1H3,(H,24,25). The zero-order valence-corrected chi connectivity index (χ0v) is 15.1. The highest BCUT2D eigenvalue weighted by Crippen LogP contribution is 2.26. The number of aromatic nitrogens is 6. The molecule has 4 aromatic heterocycles. The molecule has 0 radical (unpaired) electrons. The first-order valence-corrected chi connectivity index (χ1v) is 9.13. The third-order valence-corrected chi connectivity index (χ3v) is 5.10. The number of fused-ring (bicyclic) bond motifs is 2. The van der Waals surface area contributed by atoms with E-state index in [0.717, 1.165) is 48.1 Å².